The molecule has 2 atom stereocenters. The third-order valence-electron chi connectivity index (χ3n) is 3.52. The maximum Gasteiger partial charge on any atom is 0.226 e. The van der Waals surface area contributed by atoms with Crippen LogP contribution in [0.3, 0.4) is 0 Å². The van der Waals surface area contributed by atoms with Crippen LogP contribution in [0.5, 0.6) is 0 Å². The number of ether oxygens (including phenoxy) is 1. The van der Waals surface area contributed by atoms with Crippen molar-refractivity contribution in [2.24, 2.45) is 0 Å². The number of aromatic nitrogens is 2. The maximum atomic E-state index is 5.71. The molecule has 0 amide bonds. The van der Waals surface area contributed by atoms with Crippen LogP contribution in [0, 0.1) is 0 Å². The predicted octanol–water partition coefficient (Wildman–Crippen LogP) is 2.74. The number of hydrogen-bond acceptors (Lipinski definition) is 6. The van der Waals surface area contributed by atoms with E-state index in [9.17, 15) is 0 Å². The molecule has 1 aliphatic rings. The largest absolute Gasteiger partial charge is 0.375 e. The molecule has 0 saturated carbocycles. The van der Waals surface area contributed by atoms with Gasteiger partial charge in [-0.3, -0.25) is 0 Å². The molecule has 1 saturated heterocycles. The first-order valence-corrected chi connectivity index (χ1v) is 7.94. The lowest BCUT2D eigenvalue weighted by molar-refractivity contribution is 0.0342. The van der Waals surface area contributed by atoms with Crippen LogP contribution in [-0.4, -0.2) is 41.8 Å². The first-order chi connectivity index (χ1) is 9.69. The molecular weight excluding hydrogens is 272 g/mol. The Morgan fingerprint density at radius 2 is 2.30 bits per heavy atom. The molecule has 2 aromatic heterocycles. The summed E-state index contributed by atoms with van der Waals surface area (Å²) < 4.78 is 5.71. The van der Waals surface area contributed by atoms with Crippen molar-refractivity contribution < 1.29 is 4.74 Å². The highest BCUT2D eigenvalue weighted by molar-refractivity contribution is 7.16. The van der Waals surface area contributed by atoms with Gasteiger partial charge in [0, 0.05) is 13.1 Å². The van der Waals surface area contributed by atoms with Crippen LogP contribution in [0.25, 0.3) is 10.2 Å². The highest BCUT2D eigenvalue weighted by Gasteiger charge is 2.26. The smallest absolute Gasteiger partial charge is 0.226 e. The van der Waals surface area contributed by atoms with Gasteiger partial charge >= 0.3 is 0 Å². The minimum Gasteiger partial charge on any atom is -0.375 e. The summed E-state index contributed by atoms with van der Waals surface area (Å²) in [5.41, 5.74) is 0. The van der Waals surface area contributed by atoms with E-state index in [0.29, 0.717) is 12.0 Å². The molecule has 1 aliphatic heterocycles. The van der Waals surface area contributed by atoms with E-state index in [1.165, 1.54) is 0 Å². The Balaban J connectivity index is 2.05. The van der Waals surface area contributed by atoms with Crippen LogP contribution in [0.2, 0.25) is 0 Å². The fraction of sp³-hybridized carbons (Fsp3) is 0.571. The minimum atomic E-state index is 0.234. The van der Waals surface area contributed by atoms with Gasteiger partial charge in [0.2, 0.25) is 5.95 Å². The molecular formula is C14H20N4OS. The summed E-state index contributed by atoms with van der Waals surface area (Å²) in [4.78, 5) is 12.7. The van der Waals surface area contributed by atoms with E-state index in [1.807, 2.05) is 0 Å². The SMILES string of the molecule is CCNc1nc(N2CC(C)OCC2C)c2ccsc2n1. The van der Waals surface area contributed by atoms with E-state index in [0.717, 1.165) is 35.7 Å². The van der Waals surface area contributed by atoms with Crippen LogP contribution in [0.15, 0.2) is 11.4 Å². The topological polar surface area (TPSA) is 50.3 Å². The summed E-state index contributed by atoms with van der Waals surface area (Å²) in [6.45, 7) is 8.78. The minimum absolute atomic E-state index is 0.234. The molecule has 108 valence electrons. The Morgan fingerprint density at radius 3 is 3.10 bits per heavy atom. The second kappa shape index (κ2) is 5.54. The Morgan fingerprint density at radius 1 is 1.45 bits per heavy atom. The Kier molecular flexibility index (Phi) is 3.76. The fourth-order valence-electron chi connectivity index (χ4n) is 2.49. The number of nitrogens with one attached hydrogen (secondary N) is 1. The number of fused-ring (bicyclic) bond motifs is 1. The van der Waals surface area contributed by atoms with Gasteiger partial charge < -0.3 is 15.0 Å². The lowest BCUT2D eigenvalue weighted by Gasteiger charge is -2.38. The van der Waals surface area contributed by atoms with Gasteiger partial charge in [0.05, 0.1) is 24.1 Å². The third kappa shape index (κ3) is 2.45. The van der Waals surface area contributed by atoms with Crippen molar-refractivity contribution in [1.82, 2.24) is 9.97 Å². The van der Waals surface area contributed by atoms with E-state index in [1.54, 1.807) is 11.3 Å². The zero-order chi connectivity index (χ0) is 14.1. The molecule has 3 heterocycles. The normalized spacial score (nSPS) is 23.2. The lowest BCUT2D eigenvalue weighted by Crippen LogP contribution is -2.47. The van der Waals surface area contributed by atoms with E-state index in [4.69, 9.17) is 9.72 Å². The molecule has 20 heavy (non-hydrogen) atoms. The zero-order valence-electron chi connectivity index (χ0n) is 12.1. The maximum absolute atomic E-state index is 5.71. The zero-order valence-corrected chi connectivity index (χ0v) is 12.9. The summed E-state index contributed by atoms with van der Waals surface area (Å²) >= 11 is 1.66. The van der Waals surface area contributed by atoms with Crippen molar-refractivity contribution in [2.45, 2.75) is 32.9 Å². The quantitative estimate of drug-likeness (QED) is 0.942. The first-order valence-electron chi connectivity index (χ1n) is 7.06. The monoisotopic (exact) mass is 292 g/mol. The van der Waals surface area contributed by atoms with Crippen LogP contribution in [-0.2, 0) is 4.74 Å². The third-order valence-corrected chi connectivity index (χ3v) is 4.33. The van der Waals surface area contributed by atoms with Crippen LogP contribution in [0.1, 0.15) is 20.8 Å². The van der Waals surface area contributed by atoms with E-state index < -0.39 is 0 Å². The molecule has 5 nitrogen and oxygen atoms in total. The number of nitrogens with zero attached hydrogens (tertiary/aromatic N) is 3. The van der Waals surface area contributed by atoms with Crippen molar-refractivity contribution in [3.8, 4) is 0 Å². The number of hydrogen-bond donors (Lipinski definition) is 1. The summed E-state index contributed by atoms with van der Waals surface area (Å²) in [5, 5.41) is 6.43. The molecule has 2 unspecified atom stereocenters. The molecule has 1 fully saturated rings. The van der Waals surface area contributed by atoms with Gasteiger partial charge in [-0.25, -0.2) is 4.98 Å². The fourth-order valence-corrected chi connectivity index (χ4v) is 3.25. The molecule has 0 radical (unpaired) electrons. The van der Waals surface area contributed by atoms with Gasteiger partial charge in [0.15, 0.2) is 0 Å². The predicted molar refractivity (Wildman–Crippen MR) is 83.8 cm³/mol. The van der Waals surface area contributed by atoms with Crippen molar-refractivity contribution in [3.63, 3.8) is 0 Å². The highest BCUT2D eigenvalue weighted by atomic mass is 32.1. The first kappa shape index (κ1) is 13.6. The number of morpholine rings is 1. The highest BCUT2D eigenvalue weighted by Crippen LogP contribution is 2.31. The molecule has 6 heteroatoms. The number of thiophene rings is 1. The molecule has 1 N–H and O–H groups in total. The average Bonchev–Trinajstić information content (AvgIpc) is 2.89. The van der Waals surface area contributed by atoms with Gasteiger partial charge in [-0.2, -0.15) is 4.98 Å². The van der Waals surface area contributed by atoms with Crippen LogP contribution >= 0.6 is 11.3 Å². The summed E-state index contributed by atoms with van der Waals surface area (Å²) in [5.74, 6) is 1.73. The molecule has 2 aromatic rings. The van der Waals surface area contributed by atoms with E-state index >= 15 is 0 Å². The van der Waals surface area contributed by atoms with Gasteiger partial charge in [0.1, 0.15) is 10.6 Å². The van der Waals surface area contributed by atoms with Gasteiger partial charge in [-0.05, 0) is 32.2 Å². The number of rotatable bonds is 3. The van der Waals surface area contributed by atoms with E-state index in [-0.39, 0.29) is 6.10 Å². The van der Waals surface area contributed by atoms with Gasteiger partial charge in [0.25, 0.3) is 0 Å². The second-order valence-corrected chi connectivity index (χ2v) is 6.08. The van der Waals surface area contributed by atoms with Crippen LogP contribution in [0.4, 0.5) is 11.8 Å². The summed E-state index contributed by atoms with van der Waals surface area (Å²) in [7, 11) is 0. The van der Waals surface area contributed by atoms with Crippen molar-refractivity contribution in [3.05, 3.63) is 11.4 Å². The molecule has 0 bridgehead atoms. The Labute approximate surface area is 123 Å². The summed E-state index contributed by atoms with van der Waals surface area (Å²) in [6.07, 6.45) is 0.234. The van der Waals surface area contributed by atoms with E-state index in [2.05, 4.69) is 47.4 Å². The Hall–Kier alpha value is -1.40. The standard InChI is InChI=1S/C14H20N4OS/c1-4-15-14-16-12(11-5-6-20-13(11)17-14)18-7-10(3)19-8-9(18)2/h5-6,9-10H,4,7-8H2,1-3H3,(H,15,16,17). The Bertz CT molecular complexity index is 600. The van der Waals surface area contributed by atoms with Gasteiger partial charge in [-0.15, -0.1) is 11.3 Å². The van der Waals surface area contributed by atoms with Crippen molar-refractivity contribution >= 4 is 33.3 Å². The molecule has 3 rings (SSSR count). The second-order valence-electron chi connectivity index (χ2n) is 5.19. The van der Waals surface area contributed by atoms with Crippen molar-refractivity contribution in [1.29, 1.82) is 0 Å². The molecule has 0 aliphatic carbocycles. The molecule has 0 spiro atoms. The number of anilines is 2. The van der Waals surface area contributed by atoms with Crippen LogP contribution < -0.4 is 10.2 Å². The van der Waals surface area contributed by atoms with Crippen molar-refractivity contribution in [2.75, 3.05) is 29.9 Å². The molecule has 0 aromatic carbocycles. The average molecular weight is 292 g/mol. The summed E-state index contributed by atoms with van der Waals surface area (Å²) in [6, 6.07) is 2.44. The van der Waals surface area contributed by atoms with Gasteiger partial charge in [-0.1, -0.05) is 0 Å². The lowest BCUT2D eigenvalue weighted by atomic mass is 10.2.